The van der Waals surface area contributed by atoms with Crippen LogP contribution in [0.5, 0.6) is 17.5 Å². The molecule has 1 aliphatic rings. The molecule has 0 spiro atoms. The van der Waals surface area contributed by atoms with Gasteiger partial charge in [0.15, 0.2) is 5.65 Å². The number of piperidine rings is 1. The van der Waals surface area contributed by atoms with Crippen molar-refractivity contribution in [3.63, 3.8) is 0 Å². The number of hydrogen-bond acceptors (Lipinski definition) is 12. The first kappa shape index (κ1) is 36.8. The number of phenolic OH excluding ortho intramolecular Hbond substituents is 1. The molecule has 0 radical (unpaired) electrons. The fourth-order valence-corrected chi connectivity index (χ4v) is 6.48. The van der Waals surface area contributed by atoms with Crippen LogP contribution in [0.1, 0.15) is 43.7 Å². The fraction of sp³-hybridized carbons (Fsp3) is 0.366. The van der Waals surface area contributed by atoms with Crippen molar-refractivity contribution in [1.29, 1.82) is 0 Å². The normalized spacial score (nSPS) is 14.5. The molecule has 13 nitrogen and oxygen atoms in total. The van der Waals surface area contributed by atoms with Gasteiger partial charge in [-0.05, 0) is 66.6 Å². The first-order valence-corrected chi connectivity index (χ1v) is 18.7. The molecule has 0 aliphatic carbocycles. The van der Waals surface area contributed by atoms with E-state index < -0.39 is 0 Å². The third-order valence-electron chi connectivity index (χ3n) is 9.26. The second-order valence-electron chi connectivity index (χ2n) is 13.5. The standard InChI is InChI=1S/C41H48N8O5/c1-28(2)37-27-46-49-39(37)47-41(54-34-10-6-15-42-26-34)48-40(49)45-25-30-7-3-4-11-35(30)38-36-13-12-31(23-29(36)14-16-44-38)43-17-18-51-19-20-52-21-22-53-33-9-5-8-32(50)24-33/h3-5,7-9,11-14,16,23-24,27-28,34,42-43,50H,6,10,15,17-22,25-26H2,1-2H3,(H,45,47,48). The minimum absolute atomic E-state index is 0.0303. The molecule has 6 aromatic rings. The number of benzene rings is 3. The summed E-state index contributed by atoms with van der Waals surface area (Å²) in [6.45, 7) is 9.58. The van der Waals surface area contributed by atoms with Gasteiger partial charge in [0.1, 0.15) is 24.2 Å². The second-order valence-corrected chi connectivity index (χ2v) is 13.5. The van der Waals surface area contributed by atoms with Gasteiger partial charge in [0.2, 0.25) is 5.95 Å². The highest BCUT2D eigenvalue weighted by molar-refractivity contribution is 5.96. The third-order valence-corrected chi connectivity index (χ3v) is 9.26. The molecule has 7 rings (SSSR count). The number of aromatic hydroxyl groups is 1. The molecule has 282 valence electrons. The monoisotopic (exact) mass is 732 g/mol. The lowest BCUT2D eigenvalue weighted by Crippen LogP contribution is -2.37. The van der Waals surface area contributed by atoms with Crippen LogP contribution in [0.2, 0.25) is 0 Å². The molecule has 1 atom stereocenters. The summed E-state index contributed by atoms with van der Waals surface area (Å²) in [5, 5.41) is 26.7. The van der Waals surface area contributed by atoms with Crippen molar-refractivity contribution in [1.82, 2.24) is 29.9 Å². The van der Waals surface area contributed by atoms with Crippen LogP contribution in [0.3, 0.4) is 0 Å². The van der Waals surface area contributed by atoms with Gasteiger partial charge in [-0.1, -0.05) is 50.2 Å². The minimum atomic E-state index is 0.0303. The van der Waals surface area contributed by atoms with E-state index in [-0.39, 0.29) is 17.8 Å². The molecule has 0 amide bonds. The van der Waals surface area contributed by atoms with Crippen molar-refractivity contribution >= 4 is 28.1 Å². The summed E-state index contributed by atoms with van der Waals surface area (Å²) < 4.78 is 24.9. The summed E-state index contributed by atoms with van der Waals surface area (Å²) >= 11 is 0. The number of ether oxygens (including phenoxy) is 4. The Labute approximate surface area is 315 Å². The maximum Gasteiger partial charge on any atom is 0.322 e. The predicted octanol–water partition coefficient (Wildman–Crippen LogP) is 6.44. The third kappa shape index (κ3) is 9.34. The molecule has 1 unspecified atom stereocenters. The first-order chi connectivity index (χ1) is 26.5. The Bertz CT molecular complexity index is 2130. The molecule has 0 saturated carbocycles. The van der Waals surface area contributed by atoms with Gasteiger partial charge < -0.3 is 40.0 Å². The van der Waals surface area contributed by atoms with E-state index in [0.717, 1.165) is 70.4 Å². The van der Waals surface area contributed by atoms with Crippen LogP contribution in [0.4, 0.5) is 11.6 Å². The summed E-state index contributed by atoms with van der Waals surface area (Å²) in [5.74, 6) is 1.62. The van der Waals surface area contributed by atoms with Crippen molar-refractivity contribution in [2.24, 2.45) is 0 Å². The maximum atomic E-state index is 9.51. The number of hydrogen-bond donors (Lipinski definition) is 4. The number of phenols is 1. The molecular formula is C41H48N8O5. The van der Waals surface area contributed by atoms with Crippen LogP contribution in [-0.2, 0) is 16.0 Å². The largest absolute Gasteiger partial charge is 0.508 e. The average Bonchev–Trinajstić information content (AvgIpc) is 3.63. The van der Waals surface area contributed by atoms with Crippen molar-refractivity contribution in [3.8, 4) is 28.8 Å². The summed E-state index contributed by atoms with van der Waals surface area (Å²) in [6.07, 6.45) is 5.79. The van der Waals surface area contributed by atoms with Crippen LogP contribution < -0.4 is 25.4 Å². The molecule has 54 heavy (non-hydrogen) atoms. The van der Waals surface area contributed by atoms with Gasteiger partial charge >= 0.3 is 6.01 Å². The molecule has 1 fully saturated rings. The zero-order chi connectivity index (χ0) is 37.1. The first-order valence-electron chi connectivity index (χ1n) is 18.7. The highest BCUT2D eigenvalue weighted by Crippen LogP contribution is 2.31. The van der Waals surface area contributed by atoms with Crippen LogP contribution in [0, 0.1) is 0 Å². The van der Waals surface area contributed by atoms with Crippen molar-refractivity contribution in [3.05, 3.63) is 96.3 Å². The number of nitrogens with one attached hydrogen (secondary N) is 3. The van der Waals surface area contributed by atoms with E-state index in [1.54, 1.807) is 28.8 Å². The van der Waals surface area contributed by atoms with Crippen LogP contribution >= 0.6 is 0 Å². The van der Waals surface area contributed by atoms with E-state index in [1.807, 2.05) is 30.6 Å². The van der Waals surface area contributed by atoms with E-state index >= 15 is 0 Å². The van der Waals surface area contributed by atoms with Crippen LogP contribution in [-0.4, -0.2) is 88.4 Å². The molecule has 4 N–H and O–H groups in total. The van der Waals surface area contributed by atoms with E-state index in [4.69, 9.17) is 33.9 Å². The lowest BCUT2D eigenvalue weighted by atomic mass is 9.99. The smallest absolute Gasteiger partial charge is 0.322 e. The molecule has 1 aliphatic heterocycles. The number of nitrogens with zero attached hydrogens (tertiary/aromatic N) is 5. The lowest BCUT2D eigenvalue weighted by Gasteiger charge is -2.23. The van der Waals surface area contributed by atoms with Gasteiger partial charge in [-0.25, -0.2) is 0 Å². The Kier molecular flexibility index (Phi) is 12.3. The Balaban J connectivity index is 0.955. The Morgan fingerprint density at radius 3 is 2.65 bits per heavy atom. The van der Waals surface area contributed by atoms with Gasteiger partial charge in [0, 0.05) is 54.1 Å². The highest BCUT2D eigenvalue weighted by Gasteiger charge is 2.20. The number of fused-ring (bicyclic) bond motifs is 2. The van der Waals surface area contributed by atoms with Gasteiger partial charge in [-0.15, -0.1) is 0 Å². The van der Waals surface area contributed by atoms with Crippen LogP contribution in [0.15, 0.2) is 85.2 Å². The quantitative estimate of drug-likeness (QED) is 0.0721. The lowest BCUT2D eigenvalue weighted by molar-refractivity contribution is 0.0395. The zero-order valence-corrected chi connectivity index (χ0v) is 30.8. The van der Waals surface area contributed by atoms with Crippen molar-refractivity contribution in [2.45, 2.75) is 45.3 Å². The molecule has 3 aromatic heterocycles. The second kappa shape index (κ2) is 18.0. The molecule has 13 heteroatoms. The SMILES string of the molecule is CC(C)c1cnn2c(NCc3ccccc3-c3nccc4cc(NCCOCCOCCOc5cccc(O)c5)ccc34)nc(OC3CCCNC3)nc12. The molecule has 3 aromatic carbocycles. The fourth-order valence-electron chi connectivity index (χ4n) is 6.48. The number of rotatable bonds is 18. The maximum absolute atomic E-state index is 9.51. The van der Waals surface area contributed by atoms with Crippen molar-refractivity contribution < 1.29 is 24.1 Å². The predicted molar refractivity (Wildman–Crippen MR) is 210 cm³/mol. The number of aromatic nitrogens is 5. The molecular weight excluding hydrogens is 685 g/mol. The summed E-state index contributed by atoms with van der Waals surface area (Å²) in [5.41, 5.74) is 5.83. The summed E-state index contributed by atoms with van der Waals surface area (Å²) in [6, 6.07) is 23.8. The van der Waals surface area contributed by atoms with E-state index in [1.165, 1.54) is 0 Å². The average molecular weight is 733 g/mol. The zero-order valence-electron chi connectivity index (χ0n) is 30.8. The number of anilines is 2. The summed E-state index contributed by atoms with van der Waals surface area (Å²) in [4.78, 5) is 14.4. The topological polar surface area (TPSA) is 149 Å². The van der Waals surface area contributed by atoms with E-state index in [9.17, 15) is 5.11 Å². The minimum Gasteiger partial charge on any atom is -0.508 e. The van der Waals surface area contributed by atoms with Crippen molar-refractivity contribution in [2.75, 3.05) is 63.3 Å². The number of pyridine rings is 1. The molecule has 0 bridgehead atoms. The highest BCUT2D eigenvalue weighted by atomic mass is 16.5. The van der Waals surface area contributed by atoms with Gasteiger partial charge in [0.25, 0.3) is 0 Å². The van der Waals surface area contributed by atoms with Gasteiger partial charge in [-0.2, -0.15) is 19.6 Å². The molecule has 1 saturated heterocycles. The van der Waals surface area contributed by atoms with E-state index in [2.05, 4.69) is 65.2 Å². The van der Waals surface area contributed by atoms with E-state index in [0.29, 0.717) is 63.8 Å². The molecule has 4 heterocycles. The van der Waals surface area contributed by atoms with Gasteiger partial charge in [0.05, 0.1) is 38.3 Å². The Morgan fingerprint density at radius 1 is 0.926 bits per heavy atom. The Hall–Kier alpha value is -5.50. The van der Waals surface area contributed by atoms with Crippen LogP contribution in [0.25, 0.3) is 27.7 Å². The summed E-state index contributed by atoms with van der Waals surface area (Å²) in [7, 11) is 0. The van der Waals surface area contributed by atoms with Gasteiger partial charge in [-0.3, -0.25) is 4.98 Å². The Morgan fingerprint density at radius 2 is 1.80 bits per heavy atom.